The second-order valence-corrected chi connectivity index (χ2v) is 4.25. The van der Waals surface area contributed by atoms with Crippen LogP contribution in [0, 0.1) is 6.92 Å². The number of aromatic amines is 1. The summed E-state index contributed by atoms with van der Waals surface area (Å²) in [7, 11) is 0. The molecule has 1 atom stereocenters. The molecule has 1 amide bonds. The number of nitrogens with zero attached hydrogens (tertiary/aromatic N) is 1. The SMILES string of the molecule is Cc1c(N)cccc1C(=O)NC(C)c1cn[nH]c1. The van der Waals surface area contributed by atoms with Gasteiger partial charge in [-0.3, -0.25) is 9.89 Å². The summed E-state index contributed by atoms with van der Waals surface area (Å²) in [5.74, 6) is -0.131. The van der Waals surface area contributed by atoms with E-state index in [0.717, 1.165) is 11.1 Å². The lowest BCUT2D eigenvalue weighted by Crippen LogP contribution is -2.27. The summed E-state index contributed by atoms with van der Waals surface area (Å²) >= 11 is 0. The van der Waals surface area contributed by atoms with Gasteiger partial charge in [0.1, 0.15) is 0 Å². The van der Waals surface area contributed by atoms with Crippen LogP contribution in [0.5, 0.6) is 0 Å². The highest BCUT2D eigenvalue weighted by Gasteiger charge is 2.14. The summed E-state index contributed by atoms with van der Waals surface area (Å²) < 4.78 is 0. The number of carbonyl (C=O) groups is 1. The van der Waals surface area contributed by atoms with Gasteiger partial charge in [-0.15, -0.1) is 0 Å². The molecular weight excluding hydrogens is 228 g/mol. The van der Waals surface area contributed by atoms with E-state index in [2.05, 4.69) is 15.5 Å². The van der Waals surface area contributed by atoms with Crippen molar-refractivity contribution in [2.45, 2.75) is 19.9 Å². The summed E-state index contributed by atoms with van der Waals surface area (Å²) in [6, 6.07) is 5.23. The van der Waals surface area contributed by atoms with E-state index in [1.54, 1.807) is 30.6 Å². The van der Waals surface area contributed by atoms with Crippen LogP contribution in [0.2, 0.25) is 0 Å². The summed E-state index contributed by atoms with van der Waals surface area (Å²) in [6.07, 6.45) is 3.45. The van der Waals surface area contributed by atoms with Crippen molar-refractivity contribution in [2.75, 3.05) is 5.73 Å². The molecule has 0 aliphatic heterocycles. The van der Waals surface area contributed by atoms with E-state index in [4.69, 9.17) is 5.73 Å². The molecule has 5 nitrogen and oxygen atoms in total. The fourth-order valence-electron chi connectivity index (χ4n) is 1.75. The highest BCUT2D eigenvalue weighted by molar-refractivity contribution is 5.97. The highest BCUT2D eigenvalue weighted by atomic mass is 16.1. The lowest BCUT2D eigenvalue weighted by Gasteiger charge is -2.14. The Morgan fingerprint density at radius 1 is 1.50 bits per heavy atom. The summed E-state index contributed by atoms with van der Waals surface area (Å²) in [5, 5.41) is 9.49. The van der Waals surface area contributed by atoms with E-state index in [-0.39, 0.29) is 11.9 Å². The number of hydrogen-bond acceptors (Lipinski definition) is 3. The molecule has 0 saturated carbocycles. The molecule has 4 N–H and O–H groups in total. The van der Waals surface area contributed by atoms with Crippen LogP contribution < -0.4 is 11.1 Å². The largest absolute Gasteiger partial charge is 0.398 e. The zero-order chi connectivity index (χ0) is 13.1. The van der Waals surface area contributed by atoms with Crippen molar-refractivity contribution in [2.24, 2.45) is 0 Å². The van der Waals surface area contributed by atoms with Gasteiger partial charge in [-0.05, 0) is 31.5 Å². The quantitative estimate of drug-likeness (QED) is 0.720. The lowest BCUT2D eigenvalue weighted by atomic mass is 10.1. The van der Waals surface area contributed by atoms with Crippen LogP contribution in [0.1, 0.15) is 34.5 Å². The summed E-state index contributed by atoms with van der Waals surface area (Å²) in [5.41, 5.74) is 8.75. The Balaban J connectivity index is 2.15. The Morgan fingerprint density at radius 2 is 2.28 bits per heavy atom. The van der Waals surface area contributed by atoms with Gasteiger partial charge >= 0.3 is 0 Å². The van der Waals surface area contributed by atoms with Crippen molar-refractivity contribution in [3.05, 3.63) is 47.3 Å². The van der Waals surface area contributed by atoms with Crippen LogP contribution in [-0.4, -0.2) is 16.1 Å². The molecule has 0 aliphatic rings. The number of anilines is 1. The minimum Gasteiger partial charge on any atom is -0.398 e. The Labute approximate surface area is 105 Å². The van der Waals surface area contributed by atoms with Crippen LogP contribution in [0.3, 0.4) is 0 Å². The first kappa shape index (κ1) is 12.2. The molecule has 1 heterocycles. The normalized spacial score (nSPS) is 12.1. The van der Waals surface area contributed by atoms with Crippen molar-refractivity contribution in [1.82, 2.24) is 15.5 Å². The molecule has 1 unspecified atom stereocenters. The number of nitrogens with two attached hydrogens (primary N) is 1. The number of rotatable bonds is 3. The minimum absolute atomic E-state index is 0.0999. The first-order valence-electron chi connectivity index (χ1n) is 5.74. The van der Waals surface area contributed by atoms with Gasteiger partial charge in [-0.2, -0.15) is 5.10 Å². The predicted molar refractivity (Wildman–Crippen MR) is 70.1 cm³/mol. The van der Waals surface area contributed by atoms with E-state index in [9.17, 15) is 4.79 Å². The van der Waals surface area contributed by atoms with Crippen molar-refractivity contribution in [1.29, 1.82) is 0 Å². The van der Waals surface area contributed by atoms with Gasteiger partial charge in [-0.25, -0.2) is 0 Å². The molecule has 1 aromatic carbocycles. The molecule has 0 fully saturated rings. The maximum atomic E-state index is 12.1. The molecule has 0 saturated heterocycles. The molecule has 2 rings (SSSR count). The van der Waals surface area contributed by atoms with Crippen molar-refractivity contribution in [3.8, 4) is 0 Å². The molecule has 2 aromatic rings. The minimum atomic E-state index is -0.131. The smallest absolute Gasteiger partial charge is 0.252 e. The molecule has 0 spiro atoms. The van der Waals surface area contributed by atoms with Gasteiger partial charge in [0.2, 0.25) is 0 Å². The fraction of sp³-hybridized carbons (Fsp3) is 0.231. The summed E-state index contributed by atoms with van der Waals surface area (Å²) in [4.78, 5) is 12.1. The van der Waals surface area contributed by atoms with Gasteiger partial charge in [0.05, 0.1) is 12.2 Å². The number of hydrogen-bond donors (Lipinski definition) is 3. The lowest BCUT2D eigenvalue weighted by molar-refractivity contribution is 0.0939. The Morgan fingerprint density at radius 3 is 2.94 bits per heavy atom. The Hall–Kier alpha value is -2.30. The molecule has 5 heteroatoms. The molecule has 18 heavy (non-hydrogen) atoms. The maximum absolute atomic E-state index is 12.1. The predicted octanol–water partition coefficient (Wildman–Crippen LogP) is 1.79. The molecular formula is C13H16N4O. The third-order valence-corrected chi connectivity index (χ3v) is 2.99. The van der Waals surface area contributed by atoms with E-state index < -0.39 is 0 Å². The topological polar surface area (TPSA) is 83.8 Å². The van der Waals surface area contributed by atoms with E-state index >= 15 is 0 Å². The molecule has 0 radical (unpaired) electrons. The summed E-state index contributed by atoms with van der Waals surface area (Å²) in [6.45, 7) is 3.75. The number of carbonyl (C=O) groups excluding carboxylic acids is 1. The first-order valence-corrected chi connectivity index (χ1v) is 5.74. The van der Waals surface area contributed by atoms with E-state index in [0.29, 0.717) is 11.3 Å². The third kappa shape index (κ3) is 2.34. The molecule has 1 aromatic heterocycles. The van der Waals surface area contributed by atoms with Gasteiger partial charge in [0.15, 0.2) is 0 Å². The van der Waals surface area contributed by atoms with Gasteiger partial charge < -0.3 is 11.1 Å². The van der Waals surface area contributed by atoms with Crippen molar-refractivity contribution >= 4 is 11.6 Å². The number of nitrogens with one attached hydrogen (secondary N) is 2. The van der Waals surface area contributed by atoms with Gasteiger partial charge in [0.25, 0.3) is 5.91 Å². The monoisotopic (exact) mass is 244 g/mol. The zero-order valence-corrected chi connectivity index (χ0v) is 10.4. The number of amides is 1. The number of aromatic nitrogens is 2. The zero-order valence-electron chi connectivity index (χ0n) is 10.4. The Kier molecular flexibility index (Phi) is 3.32. The number of benzene rings is 1. The number of nitrogen functional groups attached to an aromatic ring is 1. The van der Waals surface area contributed by atoms with Gasteiger partial charge in [0, 0.05) is 23.0 Å². The third-order valence-electron chi connectivity index (χ3n) is 2.99. The van der Waals surface area contributed by atoms with E-state index in [1.165, 1.54) is 0 Å². The second-order valence-electron chi connectivity index (χ2n) is 4.25. The van der Waals surface area contributed by atoms with Crippen LogP contribution in [0.25, 0.3) is 0 Å². The van der Waals surface area contributed by atoms with Crippen LogP contribution in [0.15, 0.2) is 30.6 Å². The van der Waals surface area contributed by atoms with Crippen LogP contribution >= 0.6 is 0 Å². The number of H-pyrrole nitrogens is 1. The van der Waals surface area contributed by atoms with E-state index in [1.807, 2.05) is 13.8 Å². The average molecular weight is 244 g/mol. The maximum Gasteiger partial charge on any atom is 0.252 e. The van der Waals surface area contributed by atoms with Crippen LogP contribution in [0.4, 0.5) is 5.69 Å². The molecule has 0 bridgehead atoms. The molecule has 94 valence electrons. The second kappa shape index (κ2) is 4.91. The van der Waals surface area contributed by atoms with Crippen molar-refractivity contribution in [3.63, 3.8) is 0 Å². The van der Waals surface area contributed by atoms with Gasteiger partial charge in [-0.1, -0.05) is 6.07 Å². The fourth-order valence-corrected chi connectivity index (χ4v) is 1.75. The average Bonchev–Trinajstić information content (AvgIpc) is 2.86. The van der Waals surface area contributed by atoms with Crippen molar-refractivity contribution < 1.29 is 4.79 Å². The Bertz CT molecular complexity index is 548. The standard InChI is InChI=1S/C13H16N4O/c1-8-11(4-3-5-12(8)14)13(18)17-9(2)10-6-15-16-7-10/h3-7,9H,14H2,1-2H3,(H,15,16)(H,17,18). The first-order chi connectivity index (χ1) is 8.59. The highest BCUT2D eigenvalue weighted by Crippen LogP contribution is 2.17. The molecule has 0 aliphatic carbocycles. The van der Waals surface area contributed by atoms with Crippen LogP contribution in [-0.2, 0) is 0 Å².